The van der Waals surface area contributed by atoms with Crippen LogP contribution < -0.4 is 4.74 Å². The Morgan fingerprint density at radius 3 is 2.17 bits per heavy atom. The van der Waals surface area contributed by atoms with Crippen LogP contribution in [0, 0.1) is 0 Å². The maximum atomic E-state index is 5.91. The van der Waals surface area contributed by atoms with E-state index in [4.69, 9.17) is 27.9 Å². The zero-order valence-corrected chi connectivity index (χ0v) is 11.2. The fourth-order valence-electron chi connectivity index (χ4n) is 1.47. The van der Waals surface area contributed by atoms with Crippen LogP contribution in [0.3, 0.4) is 0 Å². The minimum atomic E-state index is 0.596. The van der Waals surface area contributed by atoms with E-state index in [0.29, 0.717) is 10.0 Å². The smallest absolute Gasteiger partial charge is 0.119 e. The molecule has 2 aromatic carbocycles. The van der Waals surface area contributed by atoms with Gasteiger partial charge in [0.15, 0.2) is 0 Å². The second kappa shape index (κ2) is 5.89. The fraction of sp³-hybridized carbons (Fsp3) is 0.0714. The molecule has 18 heavy (non-hydrogen) atoms. The molecule has 0 bridgehead atoms. The van der Waals surface area contributed by atoms with Crippen molar-refractivity contribution in [1.29, 1.82) is 0 Å². The Morgan fingerprint density at radius 1 is 1.00 bits per heavy atom. The van der Waals surface area contributed by atoms with Gasteiger partial charge in [0, 0.05) is 16.3 Å². The lowest BCUT2D eigenvalue weighted by molar-refractivity contribution is 0.415. The van der Waals surface area contributed by atoms with Crippen molar-refractivity contribution in [3.63, 3.8) is 0 Å². The van der Waals surface area contributed by atoms with E-state index in [1.54, 1.807) is 31.5 Å². The Hall–Kier alpha value is -1.51. The highest BCUT2D eigenvalue weighted by molar-refractivity contribution is 6.35. The molecule has 0 aromatic heterocycles. The summed E-state index contributed by atoms with van der Waals surface area (Å²) >= 11 is 11.8. The van der Waals surface area contributed by atoms with Crippen molar-refractivity contribution in [2.75, 3.05) is 7.11 Å². The molecule has 0 aliphatic carbocycles. The molecule has 92 valence electrons. The number of rotatable bonds is 3. The van der Waals surface area contributed by atoms with Crippen LogP contribution in [0.5, 0.6) is 5.75 Å². The van der Waals surface area contributed by atoms with Gasteiger partial charge in [0.25, 0.3) is 0 Å². The molecule has 0 radical (unpaired) electrons. The second-order valence-electron chi connectivity index (χ2n) is 3.66. The Labute approximate surface area is 116 Å². The van der Waals surface area contributed by atoms with E-state index in [-0.39, 0.29) is 0 Å². The lowest BCUT2D eigenvalue weighted by Gasteiger charge is -1.99. The van der Waals surface area contributed by atoms with Crippen molar-refractivity contribution in [2.24, 2.45) is 4.99 Å². The maximum absolute atomic E-state index is 5.91. The minimum Gasteiger partial charge on any atom is -0.497 e. The third-order valence-electron chi connectivity index (χ3n) is 2.32. The van der Waals surface area contributed by atoms with E-state index in [9.17, 15) is 0 Å². The van der Waals surface area contributed by atoms with Gasteiger partial charge in [-0.25, -0.2) is 0 Å². The quantitative estimate of drug-likeness (QED) is 0.743. The molecule has 4 heteroatoms. The van der Waals surface area contributed by atoms with Crippen LogP contribution in [0.4, 0.5) is 5.69 Å². The number of nitrogens with zero attached hydrogens (tertiary/aromatic N) is 1. The van der Waals surface area contributed by atoms with Crippen LogP contribution in [0.25, 0.3) is 0 Å². The van der Waals surface area contributed by atoms with Gasteiger partial charge < -0.3 is 4.74 Å². The summed E-state index contributed by atoms with van der Waals surface area (Å²) < 4.78 is 5.08. The van der Waals surface area contributed by atoms with Crippen molar-refractivity contribution in [2.45, 2.75) is 0 Å². The molecule has 0 atom stereocenters. The monoisotopic (exact) mass is 279 g/mol. The molecule has 0 unspecified atom stereocenters. The summed E-state index contributed by atoms with van der Waals surface area (Å²) in [6.45, 7) is 0. The van der Waals surface area contributed by atoms with E-state index in [1.807, 2.05) is 24.3 Å². The number of aliphatic imine (C=N–C) groups is 1. The average molecular weight is 280 g/mol. The second-order valence-corrected chi connectivity index (χ2v) is 4.53. The van der Waals surface area contributed by atoms with Gasteiger partial charge >= 0.3 is 0 Å². The van der Waals surface area contributed by atoms with Crippen LogP contribution in [-0.2, 0) is 0 Å². The third-order valence-corrected chi connectivity index (χ3v) is 2.76. The summed E-state index contributed by atoms with van der Waals surface area (Å²) in [7, 11) is 1.63. The summed E-state index contributed by atoms with van der Waals surface area (Å²) in [5.74, 6) is 0.805. The van der Waals surface area contributed by atoms with Gasteiger partial charge in [0.05, 0.1) is 12.8 Å². The topological polar surface area (TPSA) is 21.6 Å². The molecule has 0 saturated carbocycles. The molecule has 0 spiro atoms. The zero-order valence-electron chi connectivity index (χ0n) is 9.73. The van der Waals surface area contributed by atoms with Crippen molar-refractivity contribution < 1.29 is 4.74 Å². The van der Waals surface area contributed by atoms with E-state index < -0.39 is 0 Å². The first-order valence-corrected chi connectivity index (χ1v) is 6.07. The van der Waals surface area contributed by atoms with E-state index in [0.717, 1.165) is 17.0 Å². The van der Waals surface area contributed by atoms with Gasteiger partial charge in [-0.3, -0.25) is 4.99 Å². The SMILES string of the molecule is COc1ccc(N=Cc2cc(Cl)cc(Cl)c2)cc1. The van der Waals surface area contributed by atoms with Crippen LogP contribution in [0.1, 0.15) is 5.56 Å². The van der Waals surface area contributed by atoms with Crippen molar-refractivity contribution in [3.05, 3.63) is 58.1 Å². The largest absolute Gasteiger partial charge is 0.497 e. The van der Waals surface area contributed by atoms with Gasteiger partial charge in [-0.2, -0.15) is 0 Å². The molecule has 0 fully saturated rings. The van der Waals surface area contributed by atoms with E-state index >= 15 is 0 Å². The molecule has 0 amide bonds. The lowest BCUT2D eigenvalue weighted by atomic mass is 10.2. The maximum Gasteiger partial charge on any atom is 0.119 e. The lowest BCUT2D eigenvalue weighted by Crippen LogP contribution is -1.82. The molecule has 0 N–H and O–H groups in total. The summed E-state index contributed by atoms with van der Waals surface area (Å²) in [5, 5.41) is 1.19. The average Bonchev–Trinajstić information content (AvgIpc) is 2.36. The predicted molar refractivity (Wildman–Crippen MR) is 76.7 cm³/mol. The van der Waals surface area contributed by atoms with Crippen molar-refractivity contribution in [1.82, 2.24) is 0 Å². The molecule has 2 aromatic rings. The number of methoxy groups -OCH3 is 1. The van der Waals surface area contributed by atoms with Crippen molar-refractivity contribution in [3.8, 4) is 5.75 Å². The molecular formula is C14H11Cl2NO. The van der Waals surface area contributed by atoms with Gasteiger partial charge in [0.2, 0.25) is 0 Å². The molecule has 0 aliphatic heterocycles. The van der Waals surface area contributed by atoms with Crippen LogP contribution in [0.2, 0.25) is 10.0 Å². The number of hydrogen-bond acceptors (Lipinski definition) is 2. The summed E-state index contributed by atoms with van der Waals surface area (Å²) in [5.41, 5.74) is 1.70. The standard InChI is InChI=1S/C14H11Cl2NO/c1-18-14-4-2-13(3-5-14)17-9-10-6-11(15)8-12(16)7-10/h2-9H,1H3. The van der Waals surface area contributed by atoms with Gasteiger partial charge in [-0.15, -0.1) is 0 Å². The number of hydrogen-bond donors (Lipinski definition) is 0. The van der Waals surface area contributed by atoms with Crippen LogP contribution >= 0.6 is 23.2 Å². The van der Waals surface area contributed by atoms with Crippen molar-refractivity contribution >= 4 is 35.1 Å². The van der Waals surface area contributed by atoms with E-state index in [2.05, 4.69) is 4.99 Å². The molecule has 0 heterocycles. The normalized spacial score (nSPS) is 10.8. The molecule has 2 rings (SSSR count). The van der Waals surface area contributed by atoms with Gasteiger partial charge in [0.1, 0.15) is 5.75 Å². The Kier molecular flexibility index (Phi) is 4.24. The van der Waals surface area contributed by atoms with Crippen LogP contribution in [-0.4, -0.2) is 13.3 Å². The highest BCUT2D eigenvalue weighted by Crippen LogP contribution is 2.20. The Balaban J connectivity index is 2.18. The first-order chi connectivity index (χ1) is 8.67. The first-order valence-electron chi connectivity index (χ1n) is 5.31. The predicted octanol–water partition coefficient (Wildman–Crippen LogP) is 4.75. The number of benzene rings is 2. The fourth-order valence-corrected chi connectivity index (χ4v) is 2.01. The Bertz CT molecular complexity index is 544. The summed E-state index contributed by atoms with van der Waals surface area (Å²) in [6, 6.07) is 12.8. The highest BCUT2D eigenvalue weighted by atomic mass is 35.5. The molecule has 2 nitrogen and oxygen atoms in total. The number of halogens is 2. The minimum absolute atomic E-state index is 0.596. The summed E-state index contributed by atoms with van der Waals surface area (Å²) in [4.78, 5) is 4.34. The van der Waals surface area contributed by atoms with Crippen LogP contribution in [0.15, 0.2) is 47.5 Å². The molecule has 0 saturated heterocycles. The third kappa shape index (κ3) is 3.49. The van der Waals surface area contributed by atoms with Gasteiger partial charge in [-0.1, -0.05) is 23.2 Å². The zero-order chi connectivity index (χ0) is 13.0. The molecule has 0 aliphatic rings. The van der Waals surface area contributed by atoms with Gasteiger partial charge in [-0.05, 0) is 48.0 Å². The summed E-state index contributed by atoms with van der Waals surface area (Å²) in [6.07, 6.45) is 1.72. The highest BCUT2D eigenvalue weighted by Gasteiger charge is 1.96. The Morgan fingerprint density at radius 2 is 1.61 bits per heavy atom. The van der Waals surface area contributed by atoms with E-state index in [1.165, 1.54) is 0 Å². The molecular weight excluding hydrogens is 269 g/mol. The number of ether oxygens (including phenoxy) is 1. The first kappa shape index (κ1) is 12.9.